The van der Waals surface area contributed by atoms with Gasteiger partial charge in [-0.1, -0.05) is 62.4 Å². The lowest BCUT2D eigenvalue weighted by Gasteiger charge is -2.45. The van der Waals surface area contributed by atoms with Crippen LogP contribution in [0.15, 0.2) is 72.8 Å². The Labute approximate surface area is 221 Å². The summed E-state index contributed by atoms with van der Waals surface area (Å²) < 4.78 is 18.3. The Morgan fingerprint density at radius 3 is 2.16 bits per heavy atom. The highest BCUT2D eigenvalue weighted by Crippen LogP contribution is 2.53. The maximum atomic E-state index is 10.3. The van der Waals surface area contributed by atoms with Crippen molar-refractivity contribution in [3.05, 3.63) is 89.5 Å². The Kier molecular flexibility index (Phi) is 8.46. The quantitative estimate of drug-likeness (QED) is 0.304. The van der Waals surface area contributed by atoms with Crippen molar-refractivity contribution in [1.82, 2.24) is 5.32 Å². The number of benzene rings is 3. The number of methoxy groups -OCH3 is 1. The van der Waals surface area contributed by atoms with Gasteiger partial charge in [0.05, 0.1) is 7.11 Å². The van der Waals surface area contributed by atoms with Gasteiger partial charge in [0.1, 0.15) is 29.0 Å². The van der Waals surface area contributed by atoms with Gasteiger partial charge in [-0.2, -0.15) is 0 Å². The normalized spacial score (nSPS) is 20.0. The molecule has 4 rings (SSSR count). The smallest absolute Gasteiger partial charge is 0.176 e. The average molecular weight is 504 g/mol. The van der Waals surface area contributed by atoms with Crippen LogP contribution < -0.4 is 19.5 Å². The van der Waals surface area contributed by atoms with Gasteiger partial charge in [-0.25, -0.2) is 0 Å². The molecule has 1 heterocycles. The number of ether oxygens (including phenoxy) is 3. The highest BCUT2D eigenvalue weighted by atomic mass is 16.5. The molecular formula is C32H41NO4. The molecule has 0 fully saturated rings. The van der Waals surface area contributed by atoms with Crippen molar-refractivity contribution in [1.29, 1.82) is 0 Å². The highest BCUT2D eigenvalue weighted by Gasteiger charge is 2.45. The minimum Gasteiger partial charge on any atom is -0.497 e. The number of rotatable bonds is 10. The molecule has 198 valence electrons. The molecule has 0 aliphatic carbocycles. The molecule has 4 atom stereocenters. The summed E-state index contributed by atoms with van der Waals surface area (Å²) in [5.41, 5.74) is 3.12. The Morgan fingerprint density at radius 1 is 0.919 bits per heavy atom. The van der Waals surface area contributed by atoms with Crippen LogP contribution in [-0.4, -0.2) is 36.2 Å². The molecular weight excluding hydrogens is 462 g/mol. The number of hydrogen-bond acceptors (Lipinski definition) is 5. The van der Waals surface area contributed by atoms with E-state index in [1.165, 1.54) is 11.1 Å². The fourth-order valence-electron chi connectivity index (χ4n) is 5.47. The summed E-state index contributed by atoms with van der Waals surface area (Å²) in [7, 11) is 1.68. The van der Waals surface area contributed by atoms with E-state index in [0.717, 1.165) is 35.7 Å². The van der Waals surface area contributed by atoms with Gasteiger partial charge in [-0.3, -0.25) is 5.32 Å². The molecule has 0 amide bonds. The van der Waals surface area contributed by atoms with Gasteiger partial charge >= 0.3 is 0 Å². The molecule has 0 saturated heterocycles. The van der Waals surface area contributed by atoms with Crippen LogP contribution in [0.5, 0.6) is 17.2 Å². The lowest BCUT2D eigenvalue weighted by atomic mass is 9.68. The molecule has 0 saturated carbocycles. The third-order valence-electron chi connectivity index (χ3n) is 7.50. The molecule has 3 aromatic carbocycles. The molecule has 5 nitrogen and oxygen atoms in total. The van der Waals surface area contributed by atoms with Gasteiger partial charge in [0, 0.05) is 29.5 Å². The molecule has 2 N–H and O–H groups in total. The second-order valence-corrected chi connectivity index (χ2v) is 10.5. The van der Waals surface area contributed by atoms with Crippen molar-refractivity contribution < 1.29 is 19.3 Å². The fraction of sp³-hybridized carbons (Fsp3) is 0.438. The number of fused-ring (bicyclic) bond motifs is 1. The summed E-state index contributed by atoms with van der Waals surface area (Å²) in [5.74, 6) is 2.54. The van der Waals surface area contributed by atoms with E-state index in [1.54, 1.807) is 14.0 Å². The summed E-state index contributed by atoms with van der Waals surface area (Å²) in [6, 6.07) is 25.3. The first-order valence-electron chi connectivity index (χ1n) is 13.4. The van der Waals surface area contributed by atoms with Crippen molar-refractivity contribution in [3.8, 4) is 17.2 Å². The van der Waals surface area contributed by atoms with Crippen molar-refractivity contribution >= 4 is 0 Å². The molecule has 2 unspecified atom stereocenters. The molecule has 0 bridgehead atoms. The van der Waals surface area contributed by atoms with Crippen molar-refractivity contribution in [3.63, 3.8) is 0 Å². The molecule has 37 heavy (non-hydrogen) atoms. The molecule has 5 heteroatoms. The van der Waals surface area contributed by atoms with Crippen LogP contribution in [0.25, 0.3) is 0 Å². The van der Waals surface area contributed by atoms with E-state index >= 15 is 0 Å². The zero-order valence-electron chi connectivity index (χ0n) is 22.9. The Balaban J connectivity index is 1.71. The summed E-state index contributed by atoms with van der Waals surface area (Å²) in [6.45, 7) is 10.4. The Hall–Kier alpha value is -3.02. The first-order chi connectivity index (χ1) is 17.8. The summed E-state index contributed by atoms with van der Waals surface area (Å²) in [5, 5.41) is 13.8. The van der Waals surface area contributed by atoms with Crippen LogP contribution in [-0.2, 0) is 0 Å². The van der Waals surface area contributed by atoms with Crippen LogP contribution in [0.2, 0.25) is 0 Å². The van der Waals surface area contributed by atoms with Crippen LogP contribution in [0, 0.1) is 0 Å². The van der Waals surface area contributed by atoms with Gasteiger partial charge in [0.2, 0.25) is 0 Å². The maximum absolute atomic E-state index is 10.3. The second kappa shape index (κ2) is 11.6. The number of hydrogen-bond donors (Lipinski definition) is 2. The first-order valence-corrected chi connectivity index (χ1v) is 13.4. The van der Waals surface area contributed by atoms with E-state index in [9.17, 15) is 5.11 Å². The lowest BCUT2D eigenvalue weighted by molar-refractivity contribution is 0.0184. The van der Waals surface area contributed by atoms with Crippen LogP contribution in [0.3, 0.4) is 0 Å². The topological polar surface area (TPSA) is 60.0 Å². The third-order valence-corrected chi connectivity index (χ3v) is 7.50. The predicted octanol–water partition coefficient (Wildman–Crippen LogP) is 6.65. The summed E-state index contributed by atoms with van der Waals surface area (Å²) in [6.07, 6.45) is 0.850. The van der Waals surface area contributed by atoms with E-state index in [0.29, 0.717) is 6.04 Å². The van der Waals surface area contributed by atoms with Crippen LogP contribution in [0.1, 0.15) is 76.0 Å². The van der Waals surface area contributed by atoms with Crippen molar-refractivity contribution in [2.45, 2.75) is 83.3 Å². The molecule has 1 aliphatic rings. The van der Waals surface area contributed by atoms with Crippen LogP contribution >= 0.6 is 0 Å². The zero-order chi connectivity index (χ0) is 26.6. The molecule has 0 spiro atoms. The largest absolute Gasteiger partial charge is 0.497 e. The zero-order valence-corrected chi connectivity index (χ0v) is 22.9. The molecule has 3 aromatic rings. The fourth-order valence-corrected chi connectivity index (χ4v) is 5.47. The molecule has 0 radical (unpaired) electrons. The minimum absolute atomic E-state index is 0.0800. The number of nitrogens with one attached hydrogen (secondary N) is 1. The van der Waals surface area contributed by atoms with E-state index in [2.05, 4.69) is 75.5 Å². The Bertz CT molecular complexity index is 1140. The van der Waals surface area contributed by atoms with E-state index < -0.39 is 17.9 Å². The van der Waals surface area contributed by atoms with Gasteiger partial charge < -0.3 is 19.3 Å². The van der Waals surface area contributed by atoms with E-state index in [1.807, 2.05) is 30.3 Å². The van der Waals surface area contributed by atoms with Crippen molar-refractivity contribution in [2.24, 2.45) is 0 Å². The van der Waals surface area contributed by atoms with Crippen molar-refractivity contribution in [2.75, 3.05) is 7.11 Å². The Morgan fingerprint density at radius 2 is 1.57 bits per heavy atom. The summed E-state index contributed by atoms with van der Waals surface area (Å²) in [4.78, 5) is 0. The second-order valence-electron chi connectivity index (χ2n) is 10.5. The number of aliphatic hydroxyl groups excluding tert-OH is 1. The predicted molar refractivity (Wildman–Crippen MR) is 149 cm³/mol. The number of aliphatic hydroxyl groups is 1. The van der Waals surface area contributed by atoms with E-state index in [-0.39, 0.29) is 11.8 Å². The van der Waals surface area contributed by atoms with Gasteiger partial charge in [0.25, 0.3) is 0 Å². The highest BCUT2D eigenvalue weighted by molar-refractivity contribution is 5.52. The lowest BCUT2D eigenvalue weighted by Crippen LogP contribution is -2.47. The monoisotopic (exact) mass is 503 g/mol. The van der Waals surface area contributed by atoms with Gasteiger partial charge in [-0.05, 0) is 62.9 Å². The van der Waals surface area contributed by atoms with E-state index in [4.69, 9.17) is 14.2 Å². The SMILES string of the molecule is CCC(CC)NC(Oc1ccc([C@@H]2c3ccc(OC)cc3OC(C)(C)[C@H]2c2ccccc2)cc1)C(C)O. The van der Waals surface area contributed by atoms with Gasteiger partial charge in [0.15, 0.2) is 6.23 Å². The molecule has 1 aliphatic heterocycles. The standard InChI is InChI=1S/C32H41NO4/c1-7-24(8-2)33-31(21(3)34)36-25-16-14-22(15-17-25)29-27-19-18-26(35-6)20-28(27)37-32(4,5)30(29)23-12-10-9-11-13-23/h9-21,24,29-31,33-34H,7-8H2,1-6H3/t21?,29-,30+,31?/m1/s1. The average Bonchev–Trinajstić information content (AvgIpc) is 2.90. The van der Waals surface area contributed by atoms with Crippen LogP contribution in [0.4, 0.5) is 0 Å². The maximum Gasteiger partial charge on any atom is 0.176 e. The molecule has 0 aromatic heterocycles. The third kappa shape index (κ3) is 5.94. The van der Waals surface area contributed by atoms with Gasteiger partial charge in [-0.15, -0.1) is 0 Å². The first kappa shape index (κ1) is 27.0. The minimum atomic E-state index is -0.638. The summed E-state index contributed by atoms with van der Waals surface area (Å²) >= 11 is 0.